The average molecular weight is 245 g/mol. The Morgan fingerprint density at radius 1 is 1.28 bits per heavy atom. The van der Waals surface area contributed by atoms with Crippen molar-refractivity contribution >= 4 is 17.7 Å². The van der Waals surface area contributed by atoms with Gasteiger partial charge in [0.2, 0.25) is 0 Å². The van der Waals surface area contributed by atoms with E-state index in [1.807, 2.05) is 0 Å². The van der Waals surface area contributed by atoms with Gasteiger partial charge in [0.05, 0.1) is 0 Å². The minimum absolute atomic E-state index is 0.252. The van der Waals surface area contributed by atoms with Crippen LogP contribution in [0.4, 0.5) is 5.82 Å². The Balaban J connectivity index is 2.14. The summed E-state index contributed by atoms with van der Waals surface area (Å²) in [5.41, 5.74) is 0.281. The quantitative estimate of drug-likeness (QED) is 0.848. The number of amides is 1. The maximum atomic E-state index is 11.9. The van der Waals surface area contributed by atoms with Crippen molar-refractivity contribution in [3.8, 4) is 0 Å². The van der Waals surface area contributed by atoms with Crippen molar-refractivity contribution in [2.24, 2.45) is 0 Å². The van der Waals surface area contributed by atoms with Gasteiger partial charge >= 0.3 is 5.97 Å². The van der Waals surface area contributed by atoms with Crippen LogP contribution >= 0.6 is 0 Å². The van der Waals surface area contributed by atoms with Crippen molar-refractivity contribution in [3.63, 3.8) is 0 Å². The van der Waals surface area contributed by atoms with Gasteiger partial charge < -0.3 is 15.0 Å². The summed E-state index contributed by atoms with van der Waals surface area (Å²) < 4.78 is 1.36. The highest BCUT2D eigenvalue weighted by Crippen LogP contribution is 2.07. The summed E-state index contributed by atoms with van der Waals surface area (Å²) in [4.78, 5) is 26.5. The number of carbonyl (C=O) groups is 2. The normalized spacial score (nSPS) is 10.0. The highest BCUT2D eigenvalue weighted by atomic mass is 16.4. The molecule has 0 saturated heterocycles. The largest absolute Gasteiger partial charge is 0.480 e. The van der Waals surface area contributed by atoms with Gasteiger partial charge in [-0.05, 0) is 24.3 Å². The molecule has 2 aromatic rings. The van der Waals surface area contributed by atoms with Crippen molar-refractivity contribution in [2.75, 3.05) is 5.32 Å². The van der Waals surface area contributed by atoms with Crippen LogP contribution < -0.4 is 5.32 Å². The second kappa shape index (κ2) is 5.13. The number of aromatic nitrogens is 2. The van der Waals surface area contributed by atoms with Crippen LogP contribution in [0.15, 0.2) is 42.7 Å². The molecule has 2 N–H and O–H groups in total. The van der Waals surface area contributed by atoms with E-state index in [0.29, 0.717) is 5.82 Å². The van der Waals surface area contributed by atoms with E-state index in [-0.39, 0.29) is 18.1 Å². The number of carboxylic acids is 1. The molecule has 0 atom stereocenters. The second-order valence-corrected chi connectivity index (χ2v) is 3.58. The molecule has 6 heteroatoms. The molecule has 2 rings (SSSR count). The lowest BCUT2D eigenvalue weighted by Crippen LogP contribution is -2.19. The van der Waals surface area contributed by atoms with Gasteiger partial charge in [0.1, 0.15) is 18.1 Å². The molecule has 0 bridgehead atoms. The maximum Gasteiger partial charge on any atom is 0.323 e. The van der Waals surface area contributed by atoms with Crippen LogP contribution in [0.5, 0.6) is 0 Å². The molecule has 0 unspecified atom stereocenters. The SMILES string of the molecule is O=C(O)Cn1cccc1C(=O)Nc1ccccn1. The van der Waals surface area contributed by atoms with Crippen LogP contribution in [0, 0.1) is 0 Å². The smallest absolute Gasteiger partial charge is 0.323 e. The fraction of sp³-hybridized carbons (Fsp3) is 0.0833. The Morgan fingerprint density at radius 2 is 2.11 bits per heavy atom. The van der Waals surface area contributed by atoms with Gasteiger partial charge in [0.15, 0.2) is 0 Å². The summed E-state index contributed by atoms with van der Waals surface area (Å²) in [5, 5.41) is 11.3. The van der Waals surface area contributed by atoms with Crippen LogP contribution in [0.25, 0.3) is 0 Å². The van der Waals surface area contributed by atoms with E-state index < -0.39 is 5.97 Å². The molecule has 6 nitrogen and oxygen atoms in total. The number of hydrogen-bond acceptors (Lipinski definition) is 3. The first-order chi connectivity index (χ1) is 8.66. The summed E-state index contributed by atoms with van der Waals surface area (Å²) in [5.74, 6) is -0.969. The standard InChI is InChI=1S/C12H11N3O3/c16-11(17)8-15-7-3-4-9(15)12(18)14-10-5-1-2-6-13-10/h1-7H,8H2,(H,16,17)(H,13,14,18). The van der Waals surface area contributed by atoms with E-state index in [2.05, 4.69) is 10.3 Å². The van der Waals surface area contributed by atoms with E-state index in [1.165, 1.54) is 4.57 Å². The van der Waals surface area contributed by atoms with Gasteiger partial charge in [0.25, 0.3) is 5.91 Å². The molecule has 0 aliphatic rings. The molecule has 0 radical (unpaired) electrons. The number of nitrogens with one attached hydrogen (secondary N) is 1. The van der Waals surface area contributed by atoms with Gasteiger partial charge in [-0.3, -0.25) is 9.59 Å². The lowest BCUT2D eigenvalue weighted by molar-refractivity contribution is -0.137. The van der Waals surface area contributed by atoms with Gasteiger partial charge in [-0.2, -0.15) is 0 Å². The Morgan fingerprint density at radius 3 is 2.78 bits per heavy atom. The van der Waals surface area contributed by atoms with Crippen LogP contribution in [0.2, 0.25) is 0 Å². The first kappa shape index (κ1) is 11.8. The summed E-state index contributed by atoms with van der Waals surface area (Å²) >= 11 is 0. The number of pyridine rings is 1. The third-order valence-electron chi connectivity index (χ3n) is 2.27. The number of hydrogen-bond donors (Lipinski definition) is 2. The molecule has 0 fully saturated rings. The van der Waals surface area contributed by atoms with E-state index in [0.717, 1.165) is 0 Å². The fourth-order valence-electron chi connectivity index (χ4n) is 1.52. The maximum absolute atomic E-state index is 11.9. The van der Waals surface area contributed by atoms with Gasteiger partial charge in [-0.15, -0.1) is 0 Å². The third kappa shape index (κ3) is 2.73. The van der Waals surface area contributed by atoms with Crippen LogP contribution in [0.1, 0.15) is 10.5 Å². The van der Waals surface area contributed by atoms with Crippen molar-refractivity contribution in [1.29, 1.82) is 0 Å². The van der Waals surface area contributed by atoms with Crippen molar-refractivity contribution in [1.82, 2.24) is 9.55 Å². The molecule has 92 valence electrons. The number of carboxylic acid groups (broad SMARTS) is 1. The topological polar surface area (TPSA) is 84.2 Å². The highest BCUT2D eigenvalue weighted by Gasteiger charge is 2.12. The third-order valence-corrected chi connectivity index (χ3v) is 2.27. The van der Waals surface area contributed by atoms with E-state index in [9.17, 15) is 9.59 Å². The summed E-state index contributed by atoms with van der Waals surface area (Å²) in [6.07, 6.45) is 3.10. The predicted octanol–water partition coefficient (Wildman–Crippen LogP) is 1.22. The molecule has 0 aliphatic carbocycles. The summed E-state index contributed by atoms with van der Waals surface area (Å²) in [6.45, 7) is -0.252. The number of rotatable bonds is 4. The molecule has 2 heterocycles. The van der Waals surface area contributed by atoms with E-state index in [1.54, 1.807) is 42.7 Å². The average Bonchev–Trinajstić information content (AvgIpc) is 2.77. The lowest BCUT2D eigenvalue weighted by Gasteiger charge is -2.07. The summed E-state index contributed by atoms with van der Waals surface area (Å²) in [6, 6.07) is 8.32. The molecule has 0 aliphatic heterocycles. The Hall–Kier alpha value is -2.63. The number of aliphatic carboxylic acids is 1. The first-order valence-corrected chi connectivity index (χ1v) is 5.26. The molecule has 0 saturated carbocycles. The second-order valence-electron chi connectivity index (χ2n) is 3.58. The van der Waals surface area contributed by atoms with Crippen LogP contribution in [0.3, 0.4) is 0 Å². The minimum Gasteiger partial charge on any atom is -0.480 e. The zero-order valence-electron chi connectivity index (χ0n) is 9.41. The number of anilines is 1. The molecular formula is C12H11N3O3. The first-order valence-electron chi connectivity index (χ1n) is 5.26. The van der Waals surface area contributed by atoms with Crippen molar-refractivity contribution in [3.05, 3.63) is 48.4 Å². The van der Waals surface area contributed by atoms with Crippen molar-refractivity contribution in [2.45, 2.75) is 6.54 Å². The Bertz CT molecular complexity index is 563. The molecular weight excluding hydrogens is 234 g/mol. The van der Waals surface area contributed by atoms with E-state index >= 15 is 0 Å². The molecule has 0 aromatic carbocycles. The summed E-state index contributed by atoms with van der Waals surface area (Å²) in [7, 11) is 0. The Labute approximate surface area is 103 Å². The van der Waals surface area contributed by atoms with Crippen LogP contribution in [-0.2, 0) is 11.3 Å². The fourth-order valence-corrected chi connectivity index (χ4v) is 1.52. The zero-order valence-corrected chi connectivity index (χ0v) is 9.41. The van der Waals surface area contributed by atoms with Gasteiger partial charge in [-0.1, -0.05) is 6.07 Å². The van der Waals surface area contributed by atoms with Gasteiger partial charge in [-0.25, -0.2) is 4.98 Å². The Kier molecular flexibility index (Phi) is 3.38. The molecule has 2 aromatic heterocycles. The van der Waals surface area contributed by atoms with E-state index in [4.69, 9.17) is 5.11 Å². The molecule has 18 heavy (non-hydrogen) atoms. The zero-order chi connectivity index (χ0) is 13.0. The minimum atomic E-state index is -1.00. The lowest BCUT2D eigenvalue weighted by atomic mass is 10.3. The molecule has 0 spiro atoms. The monoisotopic (exact) mass is 245 g/mol. The number of carbonyl (C=O) groups excluding carboxylic acids is 1. The van der Waals surface area contributed by atoms with Crippen LogP contribution in [-0.4, -0.2) is 26.5 Å². The van der Waals surface area contributed by atoms with Gasteiger partial charge in [0, 0.05) is 12.4 Å². The highest BCUT2D eigenvalue weighted by molar-refractivity contribution is 6.02. The molecule has 1 amide bonds. The predicted molar refractivity (Wildman–Crippen MR) is 64.3 cm³/mol. The number of nitrogens with zero attached hydrogens (tertiary/aromatic N) is 2. The van der Waals surface area contributed by atoms with Crippen molar-refractivity contribution < 1.29 is 14.7 Å².